The molecule has 0 bridgehead atoms. The molecule has 1 amide bonds. The van der Waals surface area contributed by atoms with Crippen molar-refractivity contribution in [2.24, 2.45) is 0 Å². The van der Waals surface area contributed by atoms with Crippen LogP contribution in [0.25, 0.3) is 11.4 Å². The van der Waals surface area contributed by atoms with Crippen molar-refractivity contribution in [1.82, 2.24) is 19.5 Å². The zero-order valence-electron chi connectivity index (χ0n) is 18.4. The van der Waals surface area contributed by atoms with Gasteiger partial charge in [-0.1, -0.05) is 11.8 Å². The van der Waals surface area contributed by atoms with Crippen molar-refractivity contribution in [1.29, 1.82) is 0 Å². The van der Waals surface area contributed by atoms with E-state index in [-0.39, 0.29) is 11.7 Å². The van der Waals surface area contributed by atoms with Gasteiger partial charge in [0.2, 0.25) is 11.1 Å². The van der Waals surface area contributed by atoms with Crippen LogP contribution in [0.3, 0.4) is 0 Å². The zero-order valence-corrected chi connectivity index (χ0v) is 19.2. The van der Waals surface area contributed by atoms with Gasteiger partial charge in [0, 0.05) is 24.0 Å². The Morgan fingerprint density at radius 3 is 2.30 bits per heavy atom. The molecule has 0 aliphatic rings. The average Bonchev–Trinajstić information content (AvgIpc) is 3.53. The summed E-state index contributed by atoms with van der Waals surface area (Å²) < 4.78 is 19.5. The number of carbonyl (C=O) groups excluding carboxylic acids is 1. The maximum atomic E-state index is 12.7. The fourth-order valence-corrected chi connectivity index (χ4v) is 3.89. The third kappa shape index (κ3) is 4.96. The number of benzene rings is 2. The summed E-state index contributed by atoms with van der Waals surface area (Å²) in [6, 6.07) is 16.6. The lowest BCUT2D eigenvalue weighted by Crippen LogP contribution is -2.16. The molecule has 2 aromatic carbocycles. The molecular weight excluding hydrogens is 442 g/mol. The van der Waals surface area contributed by atoms with Crippen LogP contribution in [0.1, 0.15) is 0 Å². The molecule has 170 valence electrons. The molecule has 4 rings (SSSR count). The van der Waals surface area contributed by atoms with Gasteiger partial charge in [-0.25, -0.2) is 4.68 Å². The second kappa shape index (κ2) is 10.1. The summed E-state index contributed by atoms with van der Waals surface area (Å²) in [5.41, 5.74) is 1.44. The highest BCUT2D eigenvalue weighted by Crippen LogP contribution is 2.30. The van der Waals surface area contributed by atoms with Gasteiger partial charge in [-0.2, -0.15) is 0 Å². The minimum Gasteiger partial charge on any atom is -0.497 e. The third-order valence-corrected chi connectivity index (χ3v) is 5.71. The Hall–Kier alpha value is -3.92. The van der Waals surface area contributed by atoms with Crippen molar-refractivity contribution in [3.05, 3.63) is 67.0 Å². The van der Waals surface area contributed by atoms with Crippen LogP contribution < -0.4 is 19.5 Å². The van der Waals surface area contributed by atoms with Gasteiger partial charge >= 0.3 is 0 Å². The number of aromatic nitrogens is 4. The van der Waals surface area contributed by atoms with Crippen LogP contribution >= 0.6 is 11.8 Å². The molecule has 0 radical (unpaired) electrons. The molecule has 0 spiro atoms. The van der Waals surface area contributed by atoms with Crippen LogP contribution in [-0.4, -0.2) is 52.5 Å². The number of methoxy groups -OCH3 is 3. The second-order valence-corrected chi connectivity index (χ2v) is 7.76. The van der Waals surface area contributed by atoms with Gasteiger partial charge in [0.05, 0.1) is 32.8 Å². The van der Waals surface area contributed by atoms with Gasteiger partial charge in [0.1, 0.15) is 17.2 Å². The van der Waals surface area contributed by atoms with Gasteiger partial charge in [-0.3, -0.25) is 9.47 Å². The SMILES string of the molecule is COc1ccc(-c2nnc(SCC(=O)Nc3ccc(OC)cc3OC)n2-n2cccc2)cc1. The first-order valence-corrected chi connectivity index (χ1v) is 11.0. The van der Waals surface area contributed by atoms with Gasteiger partial charge in [0.25, 0.3) is 0 Å². The molecular formula is C23H23N5O4S. The van der Waals surface area contributed by atoms with E-state index >= 15 is 0 Å². The normalized spacial score (nSPS) is 10.6. The lowest BCUT2D eigenvalue weighted by Gasteiger charge is -2.13. The number of carbonyl (C=O) groups is 1. The number of nitrogens with one attached hydrogen (secondary N) is 1. The number of thioether (sulfide) groups is 1. The minimum absolute atomic E-state index is 0.136. The van der Waals surface area contributed by atoms with E-state index in [2.05, 4.69) is 15.5 Å². The first kappa shape index (κ1) is 22.3. The number of rotatable bonds is 9. The Kier molecular flexibility index (Phi) is 6.84. The topological polar surface area (TPSA) is 92.4 Å². The van der Waals surface area contributed by atoms with E-state index in [0.29, 0.717) is 28.2 Å². The van der Waals surface area contributed by atoms with Crippen LogP contribution in [0.15, 0.2) is 72.1 Å². The molecule has 9 nitrogen and oxygen atoms in total. The van der Waals surface area contributed by atoms with E-state index < -0.39 is 0 Å². The van der Waals surface area contributed by atoms with Crippen molar-refractivity contribution in [3.8, 4) is 28.6 Å². The zero-order chi connectivity index (χ0) is 23.2. The lowest BCUT2D eigenvalue weighted by atomic mass is 10.2. The standard InChI is InChI=1S/C23H23N5O4S/c1-30-17-8-6-16(7-9-17)22-25-26-23(28(22)27-12-4-5-13-27)33-15-21(29)24-19-11-10-18(31-2)14-20(19)32-3/h4-14H,15H2,1-3H3,(H,24,29). The fraction of sp³-hybridized carbons (Fsp3) is 0.174. The molecule has 0 aliphatic heterocycles. The number of hydrogen-bond acceptors (Lipinski definition) is 7. The Morgan fingerprint density at radius 2 is 1.64 bits per heavy atom. The summed E-state index contributed by atoms with van der Waals surface area (Å²) >= 11 is 1.28. The maximum absolute atomic E-state index is 12.7. The Morgan fingerprint density at radius 1 is 0.939 bits per heavy atom. The van der Waals surface area contributed by atoms with Crippen molar-refractivity contribution < 1.29 is 19.0 Å². The number of ether oxygens (including phenoxy) is 3. The van der Waals surface area contributed by atoms with E-state index in [9.17, 15) is 4.79 Å². The van der Waals surface area contributed by atoms with Crippen LogP contribution in [0.4, 0.5) is 5.69 Å². The van der Waals surface area contributed by atoms with Crippen LogP contribution in [-0.2, 0) is 4.79 Å². The Labute approximate surface area is 195 Å². The van der Waals surface area contributed by atoms with Crippen molar-refractivity contribution in [3.63, 3.8) is 0 Å². The molecule has 4 aromatic rings. The van der Waals surface area contributed by atoms with Crippen molar-refractivity contribution in [2.75, 3.05) is 32.4 Å². The molecule has 2 heterocycles. The maximum Gasteiger partial charge on any atom is 0.234 e. The quantitative estimate of drug-likeness (QED) is 0.376. The first-order valence-electron chi connectivity index (χ1n) is 10.0. The predicted molar refractivity (Wildman–Crippen MR) is 126 cm³/mol. The van der Waals surface area contributed by atoms with Gasteiger partial charge in [0.15, 0.2) is 5.82 Å². The lowest BCUT2D eigenvalue weighted by molar-refractivity contribution is -0.113. The molecule has 10 heteroatoms. The van der Waals surface area contributed by atoms with Crippen molar-refractivity contribution >= 4 is 23.4 Å². The van der Waals surface area contributed by atoms with Gasteiger partial charge in [-0.15, -0.1) is 10.2 Å². The summed E-state index contributed by atoms with van der Waals surface area (Å²) in [4.78, 5) is 12.7. The van der Waals surface area contributed by atoms with Gasteiger partial charge in [-0.05, 0) is 48.5 Å². The predicted octanol–water partition coefficient (Wildman–Crippen LogP) is 3.81. The largest absolute Gasteiger partial charge is 0.497 e. The highest BCUT2D eigenvalue weighted by molar-refractivity contribution is 7.99. The molecule has 0 fully saturated rings. The number of amides is 1. The molecule has 1 N–H and O–H groups in total. The Balaban J connectivity index is 1.53. The van der Waals surface area contributed by atoms with Crippen LogP contribution in [0.5, 0.6) is 17.2 Å². The highest BCUT2D eigenvalue weighted by atomic mass is 32.2. The van der Waals surface area contributed by atoms with E-state index in [4.69, 9.17) is 14.2 Å². The summed E-state index contributed by atoms with van der Waals surface area (Å²) in [6.45, 7) is 0. The molecule has 0 aliphatic carbocycles. The first-order chi connectivity index (χ1) is 16.1. The smallest absolute Gasteiger partial charge is 0.234 e. The second-order valence-electron chi connectivity index (χ2n) is 6.81. The molecule has 0 saturated heterocycles. The molecule has 2 aromatic heterocycles. The fourth-order valence-electron chi connectivity index (χ4n) is 3.16. The Bertz CT molecular complexity index is 1220. The van der Waals surface area contributed by atoms with Crippen LogP contribution in [0.2, 0.25) is 0 Å². The molecule has 0 atom stereocenters. The summed E-state index contributed by atoms with van der Waals surface area (Å²) in [7, 11) is 4.74. The third-order valence-electron chi connectivity index (χ3n) is 4.80. The molecule has 0 saturated carbocycles. The summed E-state index contributed by atoms with van der Waals surface area (Å²) in [6.07, 6.45) is 3.78. The summed E-state index contributed by atoms with van der Waals surface area (Å²) in [5, 5.41) is 12.1. The van der Waals surface area contributed by atoms with E-state index in [0.717, 1.165) is 11.3 Å². The average molecular weight is 466 g/mol. The highest BCUT2D eigenvalue weighted by Gasteiger charge is 2.18. The molecule has 33 heavy (non-hydrogen) atoms. The monoisotopic (exact) mass is 465 g/mol. The number of hydrogen-bond donors (Lipinski definition) is 1. The molecule has 0 unspecified atom stereocenters. The van der Waals surface area contributed by atoms with E-state index in [1.807, 2.05) is 58.1 Å². The number of anilines is 1. The van der Waals surface area contributed by atoms with Crippen molar-refractivity contribution in [2.45, 2.75) is 5.16 Å². The van der Waals surface area contributed by atoms with Gasteiger partial charge < -0.3 is 19.5 Å². The van der Waals surface area contributed by atoms with E-state index in [1.165, 1.54) is 11.8 Å². The van der Waals surface area contributed by atoms with E-state index in [1.54, 1.807) is 39.5 Å². The number of nitrogens with zero attached hydrogens (tertiary/aromatic N) is 4. The minimum atomic E-state index is -0.198. The summed E-state index contributed by atoms with van der Waals surface area (Å²) in [5.74, 6) is 2.50. The van der Waals surface area contributed by atoms with Crippen LogP contribution in [0, 0.1) is 0 Å².